The van der Waals surface area contributed by atoms with E-state index in [1.807, 2.05) is 0 Å². The Hall–Kier alpha value is -1.17. The Morgan fingerprint density at radius 3 is 2.67 bits per heavy atom. The van der Waals surface area contributed by atoms with Crippen molar-refractivity contribution in [2.75, 3.05) is 13.1 Å². The van der Waals surface area contributed by atoms with Crippen LogP contribution in [0.15, 0.2) is 0 Å². The Morgan fingerprint density at radius 1 is 1.39 bits per heavy atom. The molecule has 18 heavy (non-hydrogen) atoms. The number of hydrogen-bond acceptors (Lipinski definition) is 3. The summed E-state index contributed by atoms with van der Waals surface area (Å²) in [5, 5.41) is 8.80. The molecule has 4 atom stereocenters. The number of halogens is 1. The first-order valence-electron chi connectivity index (χ1n) is 6.36. The molecular formula is C12H16FNO4. The Bertz CT molecular complexity index is 402. The number of hydrogen-bond donors (Lipinski definition) is 1. The maximum Gasteiger partial charge on any atom is 0.343 e. The fourth-order valence-corrected chi connectivity index (χ4v) is 3.27. The second-order valence-electron chi connectivity index (χ2n) is 5.50. The van der Waals surface area contributed by atoms with E-state index in [1.54, 1.807) is 0 Å². The Balaban J connectivity index is 1.66. The van der Waals surface area contributed by atoms with Crippen LogP contribution in [0.4, 0.5) is 4.39 Å². The number of likely N-dealkylation sites (tertiary alicyclic amines) is 1. The SMILES string of the molecule is O=C(C1CC2CCC1O2)N1CCC(F)(C(=O)O)C1. The minimum absolute atomic E-state index is 0.0399. The number of amides is 1. The molecule has 1 amide bonds. The van der Waals surface area contributed by atoms with E-state index in [1.165, 1.54) is 4.90 Å². The number of alkyl halides is 1. The molecule has 3 heterocycles. The van der Waals surface area contributed by atoms with Crippen LogP contribution in [-0.4, -0.2) is 52.8 Å². The van der Waals surface area contributed by atoms with Crippen molar-refractivity contribution < 1.29 is 23.8 Å². The lowest BCUT2D eigenvalue weighted by Gasteiger charge is -2.24. The van der Waals surface area contributed by atoms with Gasteiger partial charge in [0.15, 0.2) is 0 Å². The summed E-state index contributed by atoms with van der Waals surface area (Å²) in [6.07, 6.45) is 2.59. The van der Waals surface area contributed by atoms with Gasteiger partial charge < -0.3 is 14.7 Å². The fraction of sp³-hybridized carbons (Fsp3) is 0.833. The standard InChI is InChI=1S/C12H16FNO4/c13-12(11(16)17)3-4-14(6-12)10(15)8-5-7-1-2-9(8)18-7/h7-9H,1-6H2,(H,16,17). The lowest BCUT2D eigenvalue weighted by atomic mass is 9.88. The summed E-state index contributed by atoms with van der Waals surface area (Å²) >= 11 is 0. The van der Waals surface area contributed by atoms with Crippen molar-refractivity contribution >= 4 is 11.9 Å². The normalized spacial score (nSPS) is 42.5. The molecule has 3 aliphatic heterocycles. The predicted molar refractivity (Wildman–Crippen MR) is 58.7 cm³/mol. The van der Waals surface area contributed by atoms with E-state index >= 15 is 0 Å². The van der Waals surface area contributed by atoms with Crippen molar-refractivity contribution in [1.29, 1.82) is 0 Å². The van der Waals surface area contributed by atoms with Gasteiger partial charge in [-0.3, -0.25) is 4.79 Å². The summed E-state index contributed by atoms with van der Waals surface area (Å²) in [6, 6.07) is 0. The number of carbonyl (C=O) groups is 2. The molecule has 0 saturated carbocycles. The van der Waals surface area contributed by atoms with Crippen molar-refractivity contribution in [3.05, 3.63) is 0 Å². The lowest BCUT2D eigenvalue weighted by Crippen LogP contribution is -2.42. The molecule has 3 aliphatic rings. The van der Waals surface area contributed by atoms with Gasteiger partial charge in [-0.2, -0.15) is 0 Å². The molecule has 6 heteroatoms. The number of carboxylic acids is 1. The van der Waals surface area contributed by atoms with Crippen molar-refractivity contribution in [2.24, 2.45) is 5.92 Å². The van der Waals surface area contributed by atoms with Crippen LogP contribution in [0.3, 0.4) is 0 Å². The maximum atomic E-state index is 13.9. The van der Waals surface area contributed by atoms with Crippen molar-refractivity contribution in [2.45, 2.75) is 43.6 Å². The number of aliphatic carboxylic acids is 1. The summed E-state index contributed by atoms with van der Waals surface area (Å²) in [7, 11) is 0. The third-order valence-corrected chi connectivity index (χ3v) is 4.34. The zero-order valence-electron chi connectivity index (χ0n) is 9.97. The number of fused-ring (bicyclic) bond motifs is 2. The molecule has 2 bridgehead atoms. The summed E-state index contributed by atoms with van der Waals surface area (Å²) in [4.78, 5) is 24.4. The molecule has 4 unspecified atom stereocenters. The largest absolute Gasteiger partial charge is 0.479 e. The van der Waals surface area contributed by atoms with Crippen molar-refractivity contribution in [1.82, 2.24) is 4.90 Å². The number of rotatable bonds is 2. The second kappa shape index (κ2) is 3.91. The molecule has 1 N–H and O–H groups in total. The first-order chi connectivity index (χ1) is 8.49. The zero-order valence-corrected chi connectivity index (χ0v) is 9.97. The lowest BCUT2D eigenvalue weighted by molar-refractivity contribution is -0.150. The van der Waals surface area contributed by atoms with E-state index in [2.05, 4.69) is 0 Å². The zero-order chi connectivity index (χ0) is 12.9. The molecule has 0 aromatic heterocycles. The highest BCUT2D eigenvalue weighted by Gasteiger charge is 2.51. The van der Waals surface area contributed by atoms with E-state index in [9.17, 15) is 14.0 Å². The summed E-state index contributed by atoms with van der Waals surface area (Å²) < 4.78 is 19.5. The average Bonchev–Trinajstić information content (AvgIpc) is 3.02. The van der Waals surface area contributed by atoms with Gasteiger partial charge in [-0.15, -0.1) is 0 Å². The molecule has 5 nitrogen and oxygen atoms in total. The van der Waals surface area contributed by atoms with Gasteiger partial charge in [0.25, 0.3) is 0 Å². The van der Waals surface area contributed by atoms with Gasteiger partial charge in [0.1, 0.15) is 0 Å². The van der Waals surface area contributed by atoms with Gasteiger partial charge in [0.05, 0.1) is 24.7 Å². The summed E-state index contributed by atoms with van der Waals surface area (Å²) in [5.41, 5.74) is -2.27. The molecule has 0 aromatic carbocycles. The van der Waals surface area contributed by atoms with Crippen LogP contribution in [0.1, 0.15) is 25.7 Å². The number of carbonyl (C=O) groups excluding carboxylic acids is 1. The minimum Gasteiger partial charge on any atom is -0.479 e. The van der Waals surface area contributed by atoms with Crippen LogP contribution in [0.25, 0.3) is 0 Å². The van der Waals surface area contributed by atoms with E-state index in [0.29, 0.717) is 6.42 Å². The molecule has 3 rings (SSSR count). The van der Waals surface area contributed by atoms with Gasteiger partial charge in [0.2, 0.25) is 11.6 Å². The van der Waals surface area contributed by atoms with E-state index in [-0.39, 0.29) is 43.5 Å². The van der Waals surface area contributed by atoms with E-state index in [4.69, 9.17) is 9.84 Å². The second-order valence-corrected chi connectivity index (χ2v) is 5.50. The third kappa shape index (κ3) is 1.70. The molecule has 0 aliphatic carbocycles. The number of carboxylic acid groups (broad SMARTS) is 1. The van der Waals surface area contributed by atoms with E-state index < -0.39 is 11.6 Å². The van der Waals surface area contributed by atoms with Gasteiger partial charge >= 0.3 is 5.97 Å². The van der Waals surface area contributed by atoms with Crippen molar-refractivity contribution in [3.63, 3.8) is 0 Å². The maximum absolute atomic E-state index is 13.9. The van der Waals surface area contributed by atoms with Crippen LogP contribution in [-0.2, 0) is 14.3 Å². The molecule has 3 saturated heterocycles. The van der Waals surface area contributed by atoms with Crippen LogP contribution in [0.5, 0.6) is 0 Å². The Morgan fingerprint density at radius 2 is 2.17 bits per heavy atom. The molecule has 0 radical (unpaired) electrons. The first-order valence-corrected chi connectivity index (χ1v) is 6.36. The van der Waals surface area contributed by atoms with Crippen LogP contribution in [0, 0.1) is 5.92 Å². The van der Waals surface area contributed by atoms with Gasteiger partial charge in [-0.1, -0.05) is 0 Å². The molecular weight excluding hydrogens is 241 g/mol. The smallest absolute Gasteiger partial charge is 0.343 e. The first kappa shape index (κ1) is 11.9. The van der Waals surface area contributed by atoms with Gasteiger partial charge in [0, 0.05) is 13.0 Å². The highest BCUT2D eigenvalue weighted by Crippen LogP contribution is 2.40. The molecule has 100 valence electrons. The van der Waals surface area contributed by atoms with Crippen LogP contribution < -0.4 is 0 Å². The third-order valence-electron chi connectivity index (χ3n) is 4.34. The van der Waals surface area contributed by atoms with Crippen molar-refractivity contribution in [3.8, 4) is 0 Å². The monoisotopic (exact) mass is 257 g/mol. The molecule has 0 aromatic rings. The highest BCUT2D eigenvalue weighted by molar-refractivity contribution is 5.84. The van der Waals surface area contributed by atoms with Crippen LogP contribution >= 0.6 is 0 Å². The minimum atomic E-state index is -2.27. The Kier molecular flexibility index (Phi) is 2.59. The highest BCUT2D eigenvalue weighted by atomic mass is 19.1. The number of ether oxygens (including phenoxy) is 1. The number of nitrogens with zero attached hydrogens (tertiary/aromatic N) is 1. The predicted octanol–water partition coefficient (Wildman–Crippen LogP) is 0.579. The summed E-state index contributed by atoms with van der Waals surface area (Å²) in [5.74, 6) is -1.80. The van der Waals surface area contributed by atoms with E-state index in [0.717, 1.165) is 12.8 Å². The summed E-state index contributed by atoms with van der Waals surface area (Å²) in [6.45, 7) is -0.134. The molecule has 0 spiro atoms. The quantitative estimate of drug-likeness (QED) is 0.785. The Labute approximate surface area is 104 Å². The van der Waals surface area contributed by atoms with Gasteiger partial charge in [-0.05, 0) is 19.3 Å². The molecule has 3 fully saturated rings. The topological polar surface area (TPSA) is 66.8 Å². The average molecular weight is 257 g/mol. The van der Waals surface area contributed by atoms with Crippen LogP contribution in [0.2, 0.25) is 0 Å². The fourth-order valence-electron chi connectivity index (χ4n) is 3.27. The van der Waals surface area contributed by atoms with Gasteiger partial charge in [-0.25, -0.2) is 9.18 Å².